The van der Waals surface area contributed by atoms with Crippen molar-refractivity contribution in [1.82, 2.24) is 0 Å². The third-order valence-electron chi connectivity index (χ3n) is 3.02. The van der Waals surface area contributed by atoms with Gasteiger partial charge in [-0.05, 0) is 62.4 Å². The highest BCUT2D eigenvalue weighted by atomic mass is 32.1. The summed E-state index contributed by atoms with van der Waals surface area (Å²) in [5, 5.41) is 0. The first-order valence-electron chi connectivity index (χ1n) is 4.39. The van der Waals surface area contributed by atoms with Crippen LogP contribution >= 0.6 is 12.9 Å². The molecule has 2 heteroatoms. The van der Waals surface area contributed by atoms with E-state index in [-0.39, 0.29) is 0 Å². The molecule has 0 N–H and O–H groups in total. The predicted molar refractivity (Wildman–Crippen MR) is 59.7 cm³/mol. The third-order valence-corrected chi connectivity index (χ3v) is 3.21. The van der Waals surface area contributed by atoms with E-state index in [0.29, 0.717) is 0 Å². The monoisotopic (exact) mass is 196 g/mol. The minimum Gasteiger partial charge on any atom is -0.428 e. The van der Waals surface area contributed by atoms with E-state index in [0.717, 1.165) is 5.75 Å². The van der Waals surface area contributed by atoms with Gasteiger partial charge in [0, 0.05) is 12.9 Å². The van der Waals surface area contributed by atoms with Gasteiger partial charge < -0.3 is 4.18 Å². The molecule has 0 spiro atoms. The third kappa shape index (κ3) is 1.55. The molecular formula is C11H16OS. The zero-order valence-corrected chi connectivity index (χ0v) is 9.75. The fourth-order valence-electron chi connectivity index (χ4n) is 1.60. The maximum atomic E-state index is 5.09. The summed E-state index contributed by atoms with van der Waals surface area (Å²) < 4.78 is 5.09. The van der Waals surface area contributed by atoms with Crippen LogP contribution in [0.2, 0.25) is 0 Å². The van der Waals surface area contributed by atoms with E-state index in [1.165, 1.54) is 27.8 Å². The van der Waals surface area contributed by atoms with Gasteiger partial charge in [0.2, 0.25) is 0 Å². The van der Waals surface area contributed by atoms with Crippen LogP contribution in [0.3, 0.4) is 0 Å². The van der Waals surface area contributed by atoms with Crippen molar-refractivity contribution in [3.63, 3.8) is 0 Å². The molecule has 0 bridgehead atoms. The molecule has 0 saturated heterocycles. The largest absolute Gasteiger partial charge is 0.428 e. The van der Waals surface area contributed by atoms with Gasteiger partial charge in [-0.1, -0.05) is 0 Å². The second kappa shape index (κ2) is 3.62. The zero-order valence-electron chi connectivity index (χ0n) is 8.86. The van der Waals surface area contributed by atoms with Crippen molar-refractivity contribution in [3.05, 3.63) is 27.8 Å². The van der Waals surface area contributed by atoms with Gasteiger partial charge in [-0.2, -0.15) is 0 Å². The Bertz CT molecular complexity index is 313. The van der Waals surface area contributed by atoms with E-state index < -0.39 is 0 Å². The van der Waals surface area contributed by atoms with Gasteiger partial charge in [-0.15, -0.1) is 0 Å². The summed E-state index contributed by atoms with van der Waals surface area (Å²) in [5.41, 5.74) is 6.33. The maximum Gasteiger partial charge on any atom is 0.143 e. The average Bonchev–Trinajstić information content (AvgIpc) is 2.13. The quantitative estimate of drug-likeness (QED) is 0.534. The van der Waals surface area contributed by atoms with Crippen molar-refractivity contribution in [1.29, 1.82) is 0 Å². The molecular weight excluding hydrogens is 180 g/mol. The Labute approximate surface area is 85.7 Å². The van der Waals surface area contributed by atoms with Crippen molar-refractivity contribution in [2.75, 3.05) is 0 Å². The molecule has 0 aliphatic carbocycles. The highest BCUT2D eigenvalue weighted by Gasteiger charge is 2.12. The molecule has 1 aromatic rings. The lowest BCUT2D eigenvalue weighted by Crippen LogP contribution is -1.97. The summed E-state index contributed by atoms with van der Waals surface area (Å²) in [5.74, 6) is 0.906. The van der Waals surface area contributed by atoms with Crippen LogP contribution in [-0.4, -0.2) is 0 Å². The highest BCUT2D eigenvalue weighted by molar-refractivity contribution is 7.75. The summed E-state index contributed by atoms with van der Waals surface area (Å²) in [6.07, 6.45) is 0. The smallest absolute Gasteiger partial charge is 0.143 e. The van der Waals surface area contributed by atoms with E-state index >= 15 is 0 Å². The average molecular weight is 196 g/mol. The van der Waals surface area contributed by atoms with Crippen molar-refractivity contribution < 1.29 is 4.18 Å². The number of rotatable bonds is 1. The summed E-state index contributed by atoms with van der Waals surface area (Å²) in [7, 11) is 0. The molecule has 0 aromatic heterocycles. The molecule has 0 radical (unpaired) electrons. The van der Waals surface area contributed by atoms with Gasteiger partial charge in [0.1, 0.15) is 5.75 Å². The minimum atomic E-state index is 0.906. The zero-order chi connectivity index (χ0) is 10.2. The first-order chi connectivity index (χ1) is 6.00. The fourth-order valence-corrected chi connectivity index (χ4v) is 1.88. The SMILES string of the molecule is Cc1c(C)c(C)c(OS)c(C)c1C. The van der Waals surface area contributed by atoms with Crippen LogP contribution in [0.25, 0.3) is 0 Å². The second-order valence-electron chi connectivity index (χ2n) is 3.55. The van der Waals surface area contributed by atoms with Gasteiger partial charge >= 0.3 is 0 Å². The first kappa shape index (κ1) is 10.5. The topological polar surface area (TPSA) is 9.23 Å². The Hall–Kier alpha value is -0.630. The minimum absolute atomic E-state index is 0.906. The van der Waals surface area contributed by atoms with Crippen LogP contribution in [0.15, 0.2) is 0 Å². The molecule has 1 aromatic carbocycles. The van der Waals surface area contributed by atoms with E-state index in [1.54, 1.807) is 0 Å². The summed E-state index contributed by atoms with van der Waals surface area (Å²) in [6.45, 7) is 10.5. The van der Waals surface area contributed by atoms with E-state index in [9.17, 15) is 0 Å². The molecule has 0 atom stereocenters. The maximum absolute atomic E-state index is 5.09. The second-order valence-corrected chi connectivity index (χ2v) is 3.73. The summed E-state index contributed by atoms with van der Waals surface area (Å²) in [4.78, 5) is 0. The molecule has 1 nitrogen and oxygen atoms in total. The lowest BCUT2D eigenvalue weighted by Gasteiger charge is -2.16. The van der Waals surface area contributed by atoms with Gasteiger partial charge in [0.25, 0.3) is 0 Å². The Balaban J connectivity index is 3.56. The Kier molecular flexibility index (Phi) is 2.91. The molecule has 1 rings (SSSR count). The lowest BCUT2D eigenvalue weighted by atomic mass is 9.94. The van der Waals surface area contributed by atoms with Gasteiger partial charge in [-0.25, -0.2) is 0 Å². The molecule has 0 aliphatic heterocycles. The predicted octanol–water partition coefficient (Wildman–Crippen LogP) is 3.45. The number of thiol groups is 1. The van der Waals surface area contributed by atoms with Crippen LogP contribution in [0, 0.1) is 34.6 Å². The lowest BCUT2D eigenvalue weighted by molar-refractivity contribution is 0.642. The van der Waals surface area contributed by atoms with E-state index in [4.69, 9.17) is 4.18 Å². The number of benzene rings is 1. The van der Waals surface area contributed by atoms with Gasteiger partial charge in [-0.3, -0.25) is 0 Å². The molecule has 72 valence electrons. The van der Waals surface area contributed by atoms with Crippen molar-refractivity contribution in [2.45, 2.75) is 34.6 Å². The van der Waals surface area contributed by atoms with Crippen molar-refractivity contribution >= 4 is 12.9 Å². The molecule has 0 heterocycles. The first-order valence-corrected chi connectivity index (χ1v) is 4.75. The van der Waals surface area contributed by atoms with Crippen molar-refractivity contribution in [3.8, 4) is 5.75 Å². The molecule has 0 fully saturated rings. The molecule has 0 unspecified atom stereocenters. The van der Waals surface area contributed by atoms with Gasteiger partial charge in [0.05, 0.1) is 0 Å². The van der Waals surface area contributed by atoms with Crippen molar-refractivity contribution in [2.24, 2.45) is 0 Å². The molecule has 0 aliphatic rings. The summed E-state index contributed by atoms with van der Waals surface area (Å²) in [6, 6.07) is 0. The Morgan fingerprint density at radius 2 is 1.00 bits per heavy atom. The van der Waals surface area contributed by atoms with Crippen LogP contribution in [-0.2, 0) is 0 Å². The summed E-state index contributed by atoms with van der Waals surface area (Å²) >= 11 is 3.88. The van der Waals surface area contributed by atoms with E-state index in [2.05, 4.69) is 47.5 Å². The van der Waals surface area contributed by atoms with E-state index in [1.807, 2.05) is 0 Å². The molecule has 0 saturated carbocycles. The van der Waals surface area contributed by atoms with Crippen LogP contribution in [0.4, 0.5) is 0 Å². The standard InChI is InChI=1S/C11H16OS/c1-6-7(2)9(4)11(12-13)10(5)8(6)3/h13H,1-5H3. The number of hydrogen-bond acceptors (Lipinski definition) is 2. The van der Waals surface area contributed by atoms with Crippen LogP contribution in [0.1, 0.15) is 27.8 Å². The van der Waals surface area contributed by atoms with Gasteiger partial charge in [0.15, 0.2) is 0 Å². The molecule has 13 heavy (non-hydrogen) atoms. The fraction of sp³-hybridized carbons (Fsp3) is 0.455. The number of hydrogen-bond donors (Lipinski definition) is 1. The highest BCUT2D eigenvalue weighted by Crippen LogP contribution is 2.32. The Morgan fingerprint density at radius 1 is 0.692 bits per heavy atom. The Morgan fingerprint density at radius 3 is 1.31 bits per heavy atom. The van der Waals surface area contributed by atoms with Crippen LogP contribution in [0.5, 0.6) is 5.75 Å². The van der Waals surface area contributed by atoms with Crippen LogP contribution < -0.4 is 4.18 Å². The normalized spacial score (nSPS) is 10.3. The molecule has 0 amide bonds.